The van der Waals surface area contributed by atoms with Gasteiger partial charge in [-0.3, -0.25) is 4.79 Å². The van der Waals surface area contributed by atoms with Crippen LogP contribution in [0.4, 0.5) is 0 Å². The van der Waals surface area contributed by atoms with Crippen LogP contribution in [0.1, 0.15) is 10.4 Å². The highest BCUT2D eigenvalue weighted by molar-refractivity contribution is 6.18. The quantitative estimate of drug-likeness (QED) is 0.670. The number of ether oxygens (including phenoxy) is 2. The molecule has 1 aromatic rings. The molecule has 1 amide bonds. The summed E-state index contributed by atoms with van der Waals surface area (Å²) in [5, 5.41) is 2.76. The molecule has 1 aliphatic heterocycles. The van der Waals surface area contributed by atoms with Crippen molar-refractivity contribution in [2.24, 2.45) is 0 Å². The summed E-state index contributed by atoms with van der Waals surface area (Å²) in [5.41, 5.74) is 0.554. The standard InChI is InChI=1S/C13H14ClNO3/c14-5-1-2-6-15-13(16)10-3-4-11-12(9-10)18-8-7-17-11/h1-4,9H,5-8H2,(H,15,16)/b2-1+. The van der Waals surface area contributed by atoms with Crippen molar-refractivity contribution >= 4 is 17.5 Å². The van der Waals surface area contributed by atoms with E-state index in [0.29, 0.717) is 42.7 Å². The van der Waals surface area contributed by atoms with E-state index in [0.717, 1.165) is 0 Å². The van der Waals surface area contributed by atoms with E-state index < -0.39 is 0 Å². The highest BCUT2D eigenvalue weighted by Gasteiger charge is 2.14. The lowest BCUT2D eigenvalue weighted by Crippen LogP contribution is -2.24. The van der Waals surface area contributed by atoms with Crippen LogP contribution in [0.15, 0.2) is 30.4 Å². The summed E-state index contributed by atoms with van der Waals surface area (Å²) in [6.07, 6.45) is 3.59. The Morgan fingerprint density at radius 1 is 1.28 bits per heavy atom. The van der Waals surface area contributed by atoms with Crippen molar-refractivity contribution in [3.63, 3.8) is 0 Å². The highest BCUT2D eigenvalue weighted by atomic mass is 35.5. The number of fused-ring (bicyclic) bond motifs is 1. The molecule has 1 heterocycles. The van der Waals surface area contributed by atoms with Crippen LogP contribution in [0, 0.1) is 0 Å². The summed E-state index contributed by atoms with van der Waals surface area (Å²) in [4.78, 5) is 11.8. The van der Waals surface area contributed by atoms with Gasteiger partial charge >= 0.3 is 0 Å². The Morgan fingerprint density at radius 3 is 2.83 bits per heavy atom. The van der Waals surface area contributed by atoms with Crippen molar-refractivity contribution in [1.82, 2.24) is 5.32 Å². The molecule has 2 rings (SSSR count). The van der Waals surface area contributed by atoms with Crippen LogP contribution in [-0.2, 0) is 0 Å². The van der Waals surface area contributed by atoms with E-state index in [1.807, 2.05) is 6.08 Å². The van der Waals surface area contributed by atoms with Gasteiger partial charge < -0.3 is 14.8 Å². The van der Waals surface area contributed by atoms with Crippen LogP contribution < -0.4 is 14.8 Å². The lowest BCUT2D eigenvalue weighted by atomic mass is 10.2. The molecule has 5 heteroatoms. The molecule has 0 saturated heterocycles. The number of rotatable bonds is 4. The number of allylic oxidation sites excluding steroid dienone is 1. The number of carbonyl (C=O) groups is 1. The zero-order chi connectivity index (χ0) is 12.8. The summed E-state index contributed by atoms with van der Waals surface area (Å²) in [7, 11) is 0. The molecule has 0 saturated carbocycles. The first-order chi connectivity index (χ1) is 8.81. The molecule has 0 aromatic heterocycles. The fraction of sp³-hybridized carbons (Fsp3) is 0.308. The second-order valence-corrected chi connectivity index (χ2v) is 4.00. The largest absolute Gasteiger partial charge is 0.486 e. The van der Waals surface area contributed by atoms with Gasteiger partial charge in [-0.2, -0.15) is 0 Å². The summed E-state index contributed by atoms with van der Waals surface area (Å²) < 4.78 is 10.8. The Bertz CT molecular complexity index is 460. The van der Waals surface area contributed by atoms with Gasteiger partial charge in [-0.1, -0.05) is 12.2 Å². The monoisotopic (exact) mass is 267 g/mol. The van der Waals surface area contributed by atoms with Crippen LogP contribution in [0.3, 0.4) is 0 Å². The Hall–Kier alpha value is -1.68. The molecule has 96 valence electrons. The number of nitrogens with one attached hydrogen (secondary N) is 1. The van der Waals surface area contributed by atoms with Crippen LogP contribution in [0.5, 0.6) is 11.5 Å². The normalized spacial score (nSPS) is 13.6. The predicted octanol–water partition coefficient (Wildman–Crippen LogP) is 1.98. The number of halogens is 1. The molecule has 0 atom stereocenters. The van der Waals surface area contributed by atoms with Gasteiger partial charge in [0.15, 0.2) is 11.5 Å². The molecule has 0 unspecified atom stereocenters. The van der Waals surface area contributed by atoms with E-state index in [4.69, 9.17) is 21.1 Å². The summed E-state index contributed by atoms with van der Waals surface area (Å²) in [6, 6.07) is 5.15. The number of hydrogen-bond donors (Lipinski definition) is 1. The van der Waals surface area contributed by atoms with Gasteiger partial charge in [-0.15, -0.1) is 11.6 Å². The van der Waals surface area contributed by atoms with Crippen LogP contribution >= 0.6 is 11.6 Å². The van der Waals surface area contributed by atoms with Crippen molar-refractivity contribution in [2.75, 3.05) is 25.6 Å². The fourth-order valence-electron chi connectivity index (χ4n) is 1.58. The maximum atomic E-state index is 11.8. The van der Waals surface area contributed by atoms with E-state index in [-0.39, 0.29) is 5.91 Å². The zero-order valence-corrected chi connectivity index (χ0v) is 10.6. The molecule has 4 nitrogen and oxygen atoms in total. The minimum Gasteiger partial charge on any atom is -0.486 e. The summed E-state index contributed by atoms with van der Waals surface area (Å²) in [5.74, 6) is 1.59. The maximum Gasteiger partial charge on any atom is 0.251 e. The van der Waals surface area contributed by atoms with E-state index in [2.05, 4.69) is 5.32 Å². The van der Waals surface area contributed by atoms with E-state index in [9.17, 15) is 4.79 Å². The Labute approximate surface area is 111 Å². The fourth-order valence-corrected chi connectivity index (χ4v) is 1.71. The van der Waals surface area contributed by atoms with Gasteiger partial charge in [0.05, 0.1) is 0 Å². The zero-order valence-electron chi connectivity index (χ0n) is 9.82. The summed E-state index contributed by atoms with van der Waals surface area (Å²) >= 11 is 5.48. The molecule has 0 bridgehead atoms. The average molecular weight is 268 g/mol. The molecular formula is C13H14ClNO3. The number of alkyl halides is 1. The molecule has 1 aliphatic rings. The van der Waals surface area contributed by atoms with Crippen molar-refractivity contribution in [3.8, 4) is 11.5 Å². The van der Waals surface area contributed by atoms with Crippen LogP contribution in [0.25, 0.3) is 0 Å². The predicted molar refractivity (Wildman–Crippen MR) is 69.6 cm³/mol. The molecular weight excluding hydrogens is 254 g/mol. The number of hydrogen-bond acceptors (Lipinski definition) is 3. The first-order valence-electron chi connectivity index (χ1n) is 5.70. The molecule has 18 heavy (non-hydrogen) atoms. The third-order valence-electron chi connectivity index (χ3n) is 2.44. The first kappa shape index (κ1) is 12.8. The molecule has 1 aromatic carbocycles. The Morgan fingerprint density at radius 2 is 2.06 bits per heavy atom. The number of amides is 1. The minimum atomic E-state index is -0.147. The second-order valence-electron chi connectivity index (χ2n) is 3.69. The topological polar surface area (TPSA) is 47.6 Å². The molecule has 0 aliphatic carbocycles. The molecule has 0 fully saturated rings. The molecule has 1 N–H and O–H groups in total. The van der Waals surface area contributed by atoms with Gasteiger partial charge in [-0.25, -0.2) is 0 Å². The van der Waals surface area contributed by atoms with Gasteiger partial charge in [-0.05, 0) is 18.2 Å². The van der Waals surface area contributed by atoms with Crippen LogP contribution in [-0.4, -0.2) is 31.5 Å². The summed E-state index contributed by atoms with van der Waals surface area (Å²) in [6.45, 7) is 1.51. The lowest BCUT2D eigenvalue weighted by Gasteiger charge is -2.18. The smallest absolute Gasteiger partial charge is 0.251 e. The highest BCUT2D eigenvalue weighted by Crippen LogP contribution is 2.30. The van der Waals surface area contributed by atoms with Crippen molar-refractivity contribution in [2.45, 2.75) is 0 Å². The number of benzene rings is 1. The maximum absolute atomic E-state index is 11.8. The molecule has 0 radical (unpaired) electrons. The molecule has 0 spiro atoms. The second kappa shape index (κ2) is 6.31. The van der Waals surface area contributed by atoms with Gasteiger partial charge in [0, 0.05) is 18.0 Å². The van der Waals surface area contributed by atoms with Crippen LogP contribution in [0.2, 0.25) is 0 Å². The third kappa shape index (κ3) is 3.17. The van der Waals surface area contributed by atoms with Gasteiger partial charge in [0.25, 0.3) is 5.91 Å². The van der Waals surface area contributed by atoms with Crippen molar-refractivity contribution < 1.29 is 14.3 Å². The van der Waals surface area contributed by atoms with E-state index in [1.165, 1.54) is 0 Å². The third-order valence-corrected chi connectivity index (χ3v) is 2.62. The Balaban J connectivity index is 2.00. The van der Waals surface area contributed by atoms with Gasteiger partial charge in [0.2, 0.25) is 0 Å². The minimum absolute atomic E-state index is 0.147. The van der Waals surface area contributed by atoms with Crippen molar-refractivity contribution in [1.29, 1.82) is 0 Å². The van der Waals surface area contributed by atoms with E-state index >= 15 is 0 Å². The Kier molecular flexibility index (Phi) is 4.47. The van der Waals surface area contributed by atoms with Gasteiger partial charge in [0.1, 0.15) is 13.2 Å². The first-order valence-corrected chi connectivity index (χ1v) is 6.23. The number of carbonyl (C=O) groups excluding carboxylic acids is 1. The van der Waals surface area contributed by atoms with E-state index in [1.54, 1.807) is 24.3 Å². The lowest BCUT2D eigenvalue weighted by molar-refractivity contribution is 0.0956. The SMILES string of the molecule is O=C(NC/C=C/CCl)c1ccc2c(c1)OCCO2. The van der Waals surface area contributed by atoms with Crippen molar-refractivity contribution in [3.05, 3.63) is 35.9 Å². The average Bonchev–Trinajstić information content (AvgIpc) is 2.43.